The van der Waals surface area contributed by atoms with Gasteiger partial charge in [-0.15, -0.1) is 0 Å². The maximum atomic E-state index is 7.50. The van der Waals surface area contributed by atoms with Crippen molar-refractivity contribution in [2.24, 2.45) is 0 Å². The molecular weight excluding hydrogens is 419 g/mol. The summed E-state index contributed by atoms with van der Waals surface area (Å²) in [7, 11) is -0.446. The Morgan fingerprint density at radius 1 is 0.448 bits per heavy atom. The van der Waals surface area contributed by atoms with Gasteiger partial charge in [-0.05, 0) is 23.8 Å². The summed E-state index contributed by atoms with van der Waals surface area (Å²) < 4.78 is 15.0. The van der Waals surface area contributed by atoms with E-state index in [2.05, 4.69) is 104 Å². The zero-order valence-electron chi connectivity index (χ0n) is 15.7. The normalized spacial score (nSPS) is 10.1. The fraction of sp³-hybridized carbons (Fsp3) is 0. The second-order valence-corrected chi connectivity index (χ2v) is 7.52. The Hall–Kier alpha value is -2.43. The van der Waals surface area contributed by atoms with Crippen molar-refractivity contribution >= 4 is 23.8 Å². The molecule has 1 radical (unpaired) electrons. The number of rotatable bonds is 3. The van der Waals surface area contributed by atoms with Crippen LogP contribution in [0.15, 0.2) is 115 Å². The van der Waals surface area contributed by atoms with E-state index >= 15 is 0 Å². The number of benzene rings is 3. The molecular formula is C25H20FeO2P. The van der Waals surface area contributed by atoms with Gasteiger partial charge in [-0.25, -0.2) is 0 Å². The van der Waals surface area contributed by atoms with Gasteiger partial charge in [0.2, 0.25) is 0 Å². The summed E-state index contributed by atoms with van der Waals surface area (Å²) in [5.74, 6) is 0. The Morgan fingerprint density at radius 3 is 0.931 bits per heavy atom. The van der Waals surface area contributed by atoms with Crippen LogP contribution in [0, 0.1) is 19.7 Å². The molecule has 1 aliphatic carbocycles. The maximum absolute atomic E-state index is 7.50. The molecule has 0 unspecified atom stereocenters. The van der Waals surface area contributed by atoms with Gasteiger partial charge < -0.3 is 0 Å². The summed E-state index contributed by atoms with van der Waals surface area (Å²) in [6.07, 6.45) is 10.0. The predicted molar refractivity (Wildman–Crippen MR) is 116 cm³/mol. The maximum Gasteiger partial charge on any atom is 0.00506 e. The predicted octanol–water partition coefficient (Wildman–Crippen LogP) is 4.68. The van der Waals surface area contributed by atoms with E-state index in [0.717, 1.165) is 0 Å². The average molecular weight is 439 g/mol. The van der Waals surface area contributed by atoms with Crippen molar-refractivity contribution in [3.63, 3.8) is 0 Å². The van der Waals surface area contributed by atoms with E-state index in [-0.39, 0.29) is 17.1 Å². The molecule has 0 aromatic heterocycles. The molecule has 0 saturated carbocycles. The zero-order valence-corrected chi connectivity index (χ0v) is 17.7. The number of hydrogen-bond acceptors (Lipinski definition) is 0. The summed E-state index contributed by atoms with van der Waals surface area (Å²) in [6.45, 7) is 9.00. The van der Waals surface area contributed by atoms with E-state index in [4.69, 9.17) is 9.30 Å². The molecule has 0 N–H and O–H groups in total. The van der Waals surface area contributed by atoms with E-state index in [1.807, 2.05) is 30.7 Å². The molecule has 4 rings (SSSR count). The monoisotopic (exact) mass is 439 g/mol. The SMILES string of the molecule is [C-]#[O+].[C-]#[O+].[CH]1C=CC=C1.[Fe].c1ccc(P(c2ccccc2)c2ccccc2)cc1. The molecule has 0 aliphatic heterocycles. The smallest absolute Gasteiger partial charge is 0.00506 e. The number of allylic oxidation sites excluding steroid dienone is 4. The summed E-state index contributed by atoms with van der Waals surface area (Å²) in [4.78, 5) is 0. The minimum Gasteiger partial charge on any atom is -0.0767 e. The van der Waals surface area contributed by atoms with Gasteiger partial charge in [-0.3, -0.25) is 0 Å². The summed E-state index contributed by atoms with van der Waals surface area (Å²) in [6, 6.07) is 32.3. The third kappa shape index (κ3) is 9.55. The fourth-order valence-corrected chi connectivity index (χ4v) is 4.80. The van der Waals surface area contributed by atoms with Gasteiger partial charge in [-0.1, -0.05) is 115 Å². The first-order valence-corrected chi connectivity index (χ1v) is 9.82. The van der Waals surface area contributed by atoms with E-state index in [1.54, 1.807) is 0 Å². The van der Waals surface area contributed by atoms with Crippen molar-refractivity contribution < 1.29 is 26.4 Å². The largest absolute Gasteiger partial charge is 0.0767 e. The Kier molecular flexibility index (Phi) is 16.2. The van der Waals surface area contributed by atoms with Gasteiger partial charge in [0.15, 0.2) is 0 Å². The van der Waals surface area contributed by atoms with Gasteiger partial charge in [0.05, 0.1) is 0 Å². The van der Waals surface area contributed by atoms with Crippen molar-refractivity contribution in [2.45, 2.75) is 0 Å². The second-order valence-electron chi connectivity index (χ2n) is 5.30. The Bertz CT molecular complexity index is 763. The third-order valence-corrected chi connectivity index (χ3v) is 6.04. The van der Waals surface area contributed by atoms with Crippen LogP contribution in [0.4, 0.5) is 0 Å². The summed E-state index contributed by atoms with van der Waals surface area (Å²) in [5.41, 5.74) is 0. The Labute approximate surface area is 185 Å². The van der Waals surface area contributed by atoms with E-state index in [0.29, 0.717) is 0 Å². The molecule has 0 saturated heterocycles. The first-order valence-electron chi connectivity index (χ1n) is 8.48. The van der Waals surface area contributed by atoms with Crippen LogP contribution in [-0.2, 0) is 26.4 Å². The van der Waals surface area contributed by atoms with Crippen LogP contribution in [-0.4, -0.2) is 0 Å². The molecule has 1 aliphatic rings. The Morgan fingerprint density at radius 2 is 0.724 bits per heavy atom. The van der Waals surface area contributed by atoms with Crippen LogP contribution in [0.3, 0.4) is 0 Å². The van der Waals surface area contributed by atoms with Crippen molar-refractivity contribution in [2.75, 3.05) is 0 Å². The van der Waals surface area contributed by atoms with Gasteiger partial charge in [-0.2, -0.15) is 0 Å². The standard InChI is InChI=1S/C18H15P.C5H5.2CO.Fe/c1-4-10-16(11-5-1)19(17-12-6-2-7-13-17)18-14-8-3-9-15-18;1-2-4-5-3-1;2*1-2;/h1-15H;1-5H;;;. The Balaban J connectivity index is 0.000000667. The van der Waals surface area contributed by atoms with E-state index in [9.17, 15) is 0 Å². The molecule has 2 nitrogen and oxygen atoms in total. The molecule has 0 bridgehead atoms. The van der Waals surface area contributed by atoms with Crippen LogP contribution in [0.2, 0.25) is 0 Å². The van der Waals surface area contributed by atoms with Crippen LogP contribution >= 0.6 is 7.92 Å². The molecule has 3 aromatic carbocycles. The zero-order chi connectivity index (χ0) is 20.5. The minimum atomic E-state index is -0.446. The van der Waals surface area contributed by atoms with Crippen molar-refractivity contribution in [3.05, 3.63) is 135 Å². The van der Waals surface area contributed by atoms with Crippen LogP contribution < -0.4 is 15.9 Å². The molecule has 0 amide bonds. The quantitative estimate of drug-likeness (QED) is 0.246. The molecule has 0 atom stereocenters. The molecule has 0 spiro atoms. The topological polar surface area (TPSA) is 39.8 Å². The van der Waals surface area contributed by atoms with Gasteiger partial charge in [0.25, 0.3) is 0 Å². The van der Waals surface area contributed by atoms with Crippen molar-refractivity contribution in [3.8, 4) is 0 Å². The van der Waals surface area contributed by atoms with Crippen LogP contribution in [0.25, 0.3) is 0 Å². The molecule has 4 heteroatoms. The van der Waals surface area contributed by atoms with Crippen molar-refractivity contribution in [1.82, 2.24) is 0 Å². The van der Waals surface area contributed by atoms with E-state index in [1.165, 1.54) is 15.9 Å². The first-order chi connectivity index (χ1) is 13.9. The van der Waals surface area contributed by atoms with E-state index < -0.39 is 7.92 Å². The fourth-order valence-electron chi connectivity index (χ4n) is 2.50. The van der Waals surface area contributed by atoms with Gasteiger partial charge in [0, 0.05) is 23.5 Å². The molecule has 145 valence electrons. The number of hydrogen-bond donors (Lipinski definition) is 0. The first kappa shape index (κ1) is 26.6. The summed E-state index contributed by atoms with van der Waals surface area (Å²) in [5, 5.41) is 4.19. The molecule has 29 heavy (non-hydrogen) atoms. The summed E-state index contributed by atoms with van der Waals surface area (Å²) >= 11 is 0. The van der Waals surface area contributed by atoms with Gasteiger partial charge in [0.1, 0.15) is 0 Å². The second kappa shape index (κ2) is 17.7. The average Bonchev–Trinajstić information content (AvgIpc) is 3.39. The van der Waals surface area contributed by atoms with Gasteiger partial charge >= 0.3 is 22.6 Å². The molecule has 0 heterocycles. The molecule has 0 fully saturated rings. The van der Waals surface area contributed by atoms with Crippen LogP contribution in [0.1, 0.15) is 0 Å². The van der Waals surface area contributed by atoms with Crippen molar-refractivity contribution in [1.29, 1.82) is 0 Å². The molecule has 3 aromatic rings. The van der Waals surface area contributed by atoms with Crippen LogP contribution in [0.5, 0.6) is 0 Å². The minimum absolute atomic E-state index is 0. The third-order valence-electron chi connectivity index (χ3n) is 3.60.